The summed E-state index contributed by atoms with van der Waals surface area (Å²) in [5.74, 6) is 2.79. The highest BCUT2D eigenvalue weighted by atomic mass is 16.3. The summed E-state index contributed by atoms with van der Waals surface area (Å²) in [6, 6.07) is 0. The molecule has 172 valence electrons. The van der Waals surface area contributed by atoms with Crippen LogP contribution in [0.3, 0.4) is 0 Å². The first-order valence-corrected chi connectivity index (χ1v) is 12.7. The Hall–Kier alpha value is -0.450. The normalized spacial score (nSPS) is 51.6. The number of carbonyl (C=O) groups excluding carboxylic acids is 1. The molecule has 0 aliphatic heterocycles. The fourth-order valence-corrected chi connectivity index (χ4v) is 8.97. The smallest absolute Gasteiger partial charge is 0.132 e. The monoisotopic (exact) mass is 420 g/mol. The number of ketones is 1. The minimum Gasteiger partial charge on any atom is -0.393 e. The van der Waals surface area contributed by atoms with Crippen LogP contribution in [0.2, 0.25) is 0 Å². The molecule has 0 spiro atoms. The quantitative estimate of drug-likeness (QED) is 0.618. The van der Waals surface area contributed by atoms with Crippen molar-refractivity contribution in [3.05, 3.63) is 0 Å². The van der Waals surface area contributed by atoms with E-state index >= 15 is 0 Å². The zero-order valence-electron chi connectivity index (χ0n) is 19.5. The Kier molecular flexibility index (Phi) is 6.18. The maximum Gasteiger partial charge on any atom is 0.132 e. The lowest BCUT2D eigenvalue weighted by atomic mass is 9.43. The van der Waals surface area contributed by atoms with Crippen LogP contribution in [0.25, 0.3) is 0 Å². The number of hydrogen-bond donors (Lipinski definition) is 3. The molecule has 0 amide bonds. The van der Waals surface area contributed by atoms with E-state index in [2.05, 4.69) is 20.8 Å². The lowest BCUT2D eigenvalue weighted by Gasteiger charge is -2.63. The summed E-state index contributed by atoms with van der Waals surface area (Å²) in [5.41, 5.74) is -0.0753. The van der Waals surface area contributed by atoms with Crippen LogP contribution >= 0.6 is 0 Å². The van der Waals surface area contributed by atoms with Crippen LogP contribution in [0.4, 0.5) is 0 Å². The lowest BCUT2D eigenvalue weighted by Crippen LogP contribution is -2.61. The maximum absolute atomic E-state index is 11.9. The van der Waals surface area contributed by atoms with Crippen LogP contribution in [0, 0.1) is 46.3 Å². The molecule has 4 nitrogen and oxygen atoms in total. The van der Waals surface area contributed by atoms with Gasteiger partial charge < -0.3 is 15.3 Å². The molecule has 4 aliphatic carbocycles. The van der Waals surface area contributed by atoms with Crippen molar-refractivity contribution in [1.82, 2.24) is 0 Å². The number of carbonyl (C=O) groups is 1. The van der Waals surface area contributed by atoms with Gasteiger partial charge in [-0.05, 0) is 97.7 Å². The second-order valence-electron chi connectivity index (χ2n) is 11.9. The third-order valence-electron chi connectivity index (χ3n) is 10.8. The van der Waals surface area contributed by atoms with Crippen molar-refractivity contribution in [1.29, 1.82) is 0 Å². The van der Waals surface area contributed by atoms with Gasteiger partial charge in [0, 0.05) is 12.8 Å². The average molecular weight is 421 g/mol. The molecule has 3 N–H and O–H groups in total. The molecule has 4 saturated carbocycles. The summed E-state index contributed by atoms with van der Waals surface area (Å²) in [5, 5.41) is 32.9. The summed E-state index contributed by atoms with van der Waals surface area (Å²) < 4.78 is 0. The average Bonchev–Trinajstić information content (AvgIpc) is 3.08. The fraction of sp³-hybridized carbons (Fsp3) is 0.962. The van der Waals surface area contributed by atoms with Crippen molar-refractivity contribution in [3.63, 3.8) is 0 Å². The third-order valence-corrected chi connectivity index (χ3v) is 10.8. The second-order valence-corrected chi connectivity index (χ2v) is 11.9. The Morgan fingerprint density at radius 3 is 2.43 bits per heavy atom. The first-order valence-electron chi connectivity index (χ1n) is 12.7. The van der Waals surface area contributed by atoms with E-state index in [1.54, 1.807) is 0 Å². The SMILES string of the molecule is CCC(=O)CC[C@@H](C)[C@H]1CC[C@H]2[C@@H]3C[C@H](O)[C@@H]4C[C@H](O)CC[C@]4(C)[C@H]3C[C@H](O)[C@]12C. The van der Waals surface area contributed by atoms with Gasteiger partial charge in [-0.25, -0.2) is 0 Å². The molecule has 0 radical (unpaired) electrons. The Balaban J connectivity index is 1.57. The summed E-state index contributed by atoms with van der Waals surface area (Å²) in [4.78, 5) is 11.9. The van der Waals surface area contributed by atoms with Crippen molar-refractivity contribution in [3.8, 4) is 0 Å². The van der Waals surface area contributed by atoms with Crippen molar-refractivity contribution in [2.24, 2.45) is 46.3 Å². The Morgan fingerprint density at radius 1 is 1.00 bits per heavy atom. The zero-order chi connectivity index (χ0) is 21.8. The Morgan fingerprint density at radius 2 is 1.73 bits per heavy atom. The highest BCUT2D eigenvalue weighted by molar-refractivity contribution is 5.77. The third kappa shape index (κ3) is 3.40. The van der Waals surface area contributed by atoms with E-state index in [0.29, 0.717) is 54.6 Å². The standard InChI is InChI=1S/C26H44O4/c1-5-16(27)7-6-15(2)19-8-9-20-18-13-23(29)22-12-17(28)10-11-25(22,3)21(18)14-24(30)26(19,20)4/h15,17-24,28-30H,5-14H2,1-4H3/t15-,17-,18+,19-,20+,21+,22+,23+,24+,25-,26-/m1/s1. The van der Waals surface area contributed by atoms with Gasteiger partial charge in [0.1, 0.15) is 5.78 Å². The second kappa shape index (κ2) is 8.15. The summed E-state index contributed by atoms with van der Waals surface area (Å²) in [7, 11) is 0. The molecule has 4 heteroatoms. The molecule has 11 atom stereocenters. The lowest BCUT2D eigenvalue weighted by molar-refractivity contribution is -0.202. The predicted molar refractivity (Wildman–Crippen MR) is 118 cm³/mol. The van der Waals surface area contributed by atoms with Crippen molar-refractivity contribution < 1.29 is 20.1 Å². The van der Waals surface area contributed by atoms with Gasteiger partial charge in [0.25, 0.3) is 0 Å². The van der Waals surface area contributed by atoms with Gasteiger partial charge in [-0.15, -0.1) is 0 Å². The van der Waals surface area contributed by atoms with E-state index in [0.717, 1.165) is 44.9 Å². The van der Waals surface area contributed by atoms with E-state index in [9.17, 15) is 20.1 Å². The van der Waals surface area contributed by atoms with Gasteiger partial charge >= 0.3 is 0 Å². The van der Waals surface area contributed by atoms with E-state index in [-0.39, 0.29) is 35.1 Å². The number of Topliss-reactive ketones (excluding diaryl/α,β-unsaturated/α-hetero) is 1. The van der Waals surface area contributed by atoms with Crippen LogP contribution < -0.4 is 0 Å². The number of aliphatic hydroxyl groups is 3. The van der Waals surface area contributed by atoms with Gasteiger partial charge in [0.2, 0.25) is 0 Å². The van der Waals surface area contributed by atoms with E-state index in [1.807, 2.05) is 6.92 Å². The van der Waals surface area contributed by atoms with Crippen LogP contribution in [-0.2, 0) is 4.79 Å². The minimum absolute atomic E-state index is 0.0289. The first kappa shape index (κ1) is 22.7. The molecular formula is C26H44O4. The number of fused-ring (bicyclic) bond motifs is 5. The number of rotatable bonds is 5. The van der Waals surface area contributed by atoms with Crippen LogP contribution in [-0.4, -0.2) is 39.4 Å². The van der Waals surface area contributed by atoms with Gasteiger partial charge in [0.15, 0.2) is 0 Å². The molecule has 0 bridgehead atoms. The van der Waals surface area contributed by atoms with Gasteiger partial charge in [-0.1, -0.05) is 27.7 Å². The highest BCUT2D eigenvalue weighted by Gasteiger charge is 2.65. The summed E-state index contributed by atoms with van der Waals surface area (Å²) >= 11 is 0. The number of aliphatic hydroxyl groups excluding tert-OH is 3. The molecular weight excluding hydrogens is 376 g/mol. The zero-order valence-corrected chi connectivity index (χ0v) is 19.5. The van der Waals surface area contributed by atoms with Crippen LogP contribution in [0.1, 0.15) is 91.9 Å². The Bertz CT molecular complexity index is 649. The maximum atomic E-state index is 11.9. The molecule has 0 unspecified atom stereocenters. The van der Waals surface area contributed by atoms with Crippen molar-refractivity contribution in [2.45, 2.75) is 110 Å². The van der Waals surface area contributed by atoms with Gasteiger partial charge in [-0.3, -0.25) is 4.79 Å². The van der Waals surface area contributed by atoms with Crippen molar-refractivity contribution in [2.75, 3.05) is 0 Å². The topological polar surface area (TPSA) is 77.8 Å². The molecule has 0 saturated heterocycles. The highest BCUT2D eigenvalue weighted by Crippen LogP contribution is 2.68. The van der Waals surface area contributed by atoms with Crippen molar-refractivity contribution >= 4 is 5.78 Å². The van der Waals surface area contributed by atoms with E-state index in [4.69, 9.17) is 0 Å². The van der Waals surface area contributed by atoms with Gasteiger partial charge in [-0.2, -0.15) is 0 Å². The first-order chi connectivity index (χ1) is 14.1. The number of hydrogen-bond acceptors (Lipinski definition) is 4. The minimum atomic E-state index is -0.329. The molecule has 0 heterocycles. The molecule has 0 aromatic heterocycles. The van der Waals surface area contributed by atoms with Gasteiger partial charge in [0.05, 0.1) is 18.3 Å². The summed E-state index contributed by atoms with van der Waals surface area (Å²) in [6.45, 7) is 8.89. The van der Waals surface area contributed by atoms with Crippen LogP contribution in [0.15, 0.2) is 0 Å². The van der Waals surface area contributed by atoms with E-state index < -0.39 is 0 Å². The Labute approximate surface area is 182 Å². The molecule has 0 aromatic rings. The molecule has 4 rings (SSSR count). The molecule has 4 aliphatic rings. The fourth-order valence-electron chi connectivity index (χ4n) is 8.97. The van der Waals surface area contributed by atoms with Crippen LogP contribution in [0.5, 0.6) is 0 Å². The predicted octanol–water partition coefficient (Wildman–Crippen LogP) is 4.34. The molecule has 30 heavy (non-hydrogen) atoms. The van der Waals surface area contributed by atoms with E-state index in [1.165, 1.54) is 0 Å². The molecule has 4 fully saturated rings. The molecule has 0 aromatic carbocycles. The summed E-state index contributed by atoms with van der Waals surface area (Å²) in [6.07, 6.45) is 7.75. The largest absolute Gasteiger partial charge is 0.393 e.